The van der Waals surface area contributed by atoms with E-state index in [1.165, 1.54) is 18.1 Å². The minimum atomic E-state index is -0.728. The number of barbiturate groups is 1. The van der Waals surface area contributed by atoms with Crippen molar-refractivity contribution in [2.45, 2.75) is 38.6 Å². The number of benzene rings is 2. The highest BCUT2D eigenvalue weighted by Crippen LogP contribution is 2.47. The zero-order valence-electron chi connectivity index (χ0n) is 19.6. The quantitative estimate of drug-likeness (QED) is 0.306. The Morgan fingerprint density at radius 3 is 2.46 bits per heavy atom. The van der Waals surface area contributed by atoms with Crippen molar-refractivity contribution in [3.8, 4) is 11.5 Å². The van der Waals surface area contributed by atoms with Crippen LogP contribution in [0.2, 0.25) is 0 Å². The standard InChI is InChI=1S/C27H26N2O6/c1-15-3-7-18(8-4-15)26(32)35-22-10-6-17(14-23(22)34-2)12-20-24(30)28-27(33)29(25(20)31)21-13-16-5-9-19(21)11-16/h3-4,6-8,10,12,14,16,19,21H,5,9,11,13H2,1-2H3,(H,28,30,33)/b20-12+/t16-,19-,21+/m0/s1. The predicted octanol–water partition coefficient (Wildman–Crippen LogP) is 3.87. The smallest absolute Gasteiger partial charge is 0.343 e. The number of esters is 1. The molecule has 5 rings (SSSR count). The molecule has 4 amide bonds. The molecule has 35 heavy (non-hydrogen) atoms. The number of fused-ring (bicyclic) bond motifs is 2. The van der Waals surface area contributed by atoms with Gasteiger partial charge in [-0.2, -0.15) is 0 Å². The van der Waals surface area contributed by atoms with Gasteiger partial charge in [-0.3, -0.25) is 19.8 Å². The van der Waals surface area contributed by atoms with Crippen LogP contribution in [-0.2, 0) is 9.59 Å². The average molecular weight is 475 g/mol. The van der Waals surface area contributed by atoms with E-state index in [2.05, 4.69) is 5.32 Å². The van der Waals surface area contributed by atoms with Crippen molar-refractivity contribution < 1.29 is 28.7 Å². The summed E-state index contributed by atoms with van der Waals surface area (Å²) in [6.45, 7) is 1.93. The first kappa shape index (κ1) is 22.8. The maximum Gasteiger partial charge on any atom is 0.343 e. The molecule has 8 nitrogen and oxygen atoms in total. The van der Waals surface area contributed by atoms with Gasteiger partial charge in [-0.25, -0.2) is 9.59 Å². The topological polar surface area (TPSA) is 102 Å². The van der Waals surface area contributed by atoms with Crippen molar-refractivity contribution in [1.29, 1.82) is 0 Å². The van der Waals surface area contributed by atoms with Crippen LogP contribution in [0, 0.1) is 18.8 Å². The normalized spacial score (nSPS) is 24.6. The summed E-state index contributed by atoms with van der Waals surface area (Å²) in [7, 11) is 1.43. The van der Waals surface area contributed by atoms with Crippen molar-refractivity contribution >= 4 is 29.9 Å². The number of hydrogen-bond donors (Lipinski definition) is 1. The minimum absolute atomic E-state index is 0.112. The molecule has 2 aromatic carbocycles. The molecule has 0 radical (unpaired) electrons. The first-order chi connectivity index (χ1) is 16.8. The number of imide groups is 2. The van der Waals surface area contributed by atoms with Gasteiger partial charge in [0.2, 0.25) is 0 Å². The maximum absolute atomic E-state index is 13.2. The van der Waals surface area contributed by atoms with Crippen LogP contribution < -0.4 is 14.8 Å². The molecule has 3 atom stereocenters. The zero-order chi connectivity index (χ0) is 24.7. The number of carbonyl (C=O) groups is 4. The summed E-state index contributed by atoms with van der Waals surface area (Å²) >= 11 is 0. The number of nitrogens with zero attached hydrogens (tertiary/aromatic N) is 1. The van der Waals surface area contributed by atoms with Gasteiger partial charge < -0.3 is 9.47 Å². The third kappa shape index (κ3) is 4.32. The number of methoxy groups -OCH3 is 1. The van der Waals surface area contributed by atoms with Crippen molar-refractivity contribution in [1.82, 2.24) is 10.2 Å². The van der Waals surface area contributed by atoms with Gasteiger partial charge in [-0.05, 0) is 73.9 Å². The van der Waals surface area contributed by atoms with Gasteiger partial charge in [0.05, 0.1) is 12.7 Å². The lowest BCUT2D eigenvalue weighted by molar-refractivity contribution is -0.132. The second-order valence-electron chi connectivity index (χ2n) is 9.40. The summed E-state index contributed by atoms with van der Waals surface area (Å²) in [5.41, 5.74) is 1.81. The molecule has 0 aromatic heterocycles. The third-order valence-corrected chi connectivity index (χ3v) is 7.15. The van der Waals surface area contributed by atoms with Crippen LogP contribution in [0.1, 0.15) is 47.2 Å². The molecule has 2 bridgehead atoms. The largest absolute Gasteiger partial charge is 0.493 e. The molecule has 3 aliphatic rings. The van der Waals surface area contributed by atoms with Crippen LogP contribution in [0.5, 0.6) is 11.5 Å². The van der Waals surface area contributed by atoms with Crippen molar-refractivity contribution in [2.24, 2.45) is 11.8 Å². The summed E-state index contributed by atoms with van der Waals surface area (Å²) in [6.07, 6.45) is 5.37. The van der Waals surface area contributed by atoms with Gasteiger partial charge in [-0.1, -0.05) is 30.2 Å². The average Bonchev–Trinajstić information content (AvgIpc) is 3.46. The van der Waals surface area contributed by atoms with Crippen molar-refractivity contribution in [2.75, 3.05) is 7.11 Å². The van der Waals surface area contributed by atoms with E-state index in [0.29, 0.717) is 23.0 Å². The summed E-state index contributed by atoms with van der Waals surface area (Å²) in [6, 6.07) is 10.9. The summed E-state index contributed by atoms with van der Waals surface area (Å²) < 4.78 is 10.9. The fraction of sp³-hybridized carbons (Fsp3) is 0.333. The second-order valence-corrected chi connectivity index (χ2v) is 9.40. The van der Waals surface area contributed by atoms with E-state index in [1.807, 2.05) is 19.1 Å². The first-order valence-corrected chi connectivity index (χ1v) is 11.7. The van der Waals surface area contributed by atoms with E-state index in [-0.39, 0.29) is 23.1 Å². The van der Waals surface area contributed by atoms with Crippen LogP contribution in [-0.4, -0.2) is 41.9 Å². The fourth-order valence-corrected chi connectivity index (χ4v) is 5.37. The van der Waals surface area contributed by atoms with Crippen LogP contribution in [0.25, 0.3) is 6.08 Å². The van der Waals surface area contributed by atoms with E-state index in [4.69, 9.17) is 9.47 Å². The Kier molecular flexibility index (Phi) is 5.88. The molecule has 1 heterocycles. The molecule has 2 saturated carbocycles. The van der Waals surface area contributed by atoms with Gasteiger partial charge in [0.1, 0.15) is 5.57 Å². The van der Waals surface area contributed by atoms with Crippen LogP contribution in [0.3, 0.4) is 0 Å². The second kappa shape index (κ2) is 9.02. The maximum atomic E-state index is 13.2. The Labute approximate surface area is 202 Å². The van der Waals surface area contributed by atoms with Gasteiger partial charge in [-0.15, -0.1) is 0 Å². The Hall–Kier alpha value is -3.94. The molecule has 1 aliphatic heterocycles. The highest BCUT2D eigenvalue weighted by Gasteiger charge is 2.49. The van der Waals surface area contributed by atoms with Crippen molar-refractivity contribution in [3.05, 3.63) is 64.7 Å². The number of nitrogens with one attached hydrogen (secondary N) is 1. The van der Waals surface area contributed by atoms with Gasteiger partial charge in [0, 0.05) is 6.04 Å². The molecule has 1 N–H and O–H groups in total. The fourth-order valence-electron chi connectivity index (χ4n) is 5.37. The zero-order valence-corrected chi connectivity index (χ0v) is 19.6. The van der Waals surface area contributed by atoms with E-state index in [1.54, 1.807) is 30.3 Å². The van der Waals surface area contributed by atoms with Crippen LogP contribution in [0.4, 0.5) is 4.79 Å². The third-order valence-electron chi connectivity index (χ3n) is 7.15. The van der Waals surface area contributed by atoms with Gasteiger partial charge in [0.15, 0.2) is 11.5 Å². The minimum Gasteiger partial charge on any atom is -0.493 e. The molecule has 2 aromatic rings. The Morgan fingerprint density at radius 1 is 1.03 bits per heavy atom. The molecule has 180 valence electrons. The Balaban J connectivity index is 1.38. The van der Waals surface area contributed by atoms with Gasteiger partial charge >= 0.3 is 12.0 Å². The number of aryl methyl sites for hydroxylation is 1. The first-order valence-electron chi connectivity index (χ1n) is 11.7. The van der Waals surface area contributed by atoms with Crippen LogP contribution in [0.15, 0.2) is 48.0 Å². The summed E-state index contributed by atoms with van der Waals surface area (Å²) in [5.74, 6) is -0.528. The number of amides is 4. The van der Waals surface area contributed by atoms with Gasteiger partial charge in [0.25, 0.3) is 11.8 Å². The lowest BCUT2D eigenvalue weighted by Gasteiger charge is -2.35. The van der Waals surface area contributed by atoms with Crippen LogP contribution >= 0.6 is 0 Å². The number of hydrogen-bond acceptors (Lipinski definition) is 6. The Bertz CT molecular complexity index is 1250. The number of urea groups is 1. The van der Waals surface area contributed by atoms with E-state index >= 15 is 0 Å². The lowest BCUT2D eigenvalue weighted by Crippen LogP contribution is -2.58. The molecule has 1 saturated heterocycles. The molecular formula is C27H26N2O6. The molecule has 0 unspecified atom stereocenters. The lowest BCUT2D eigenvalue weighted by atomic mass is 9.93. The van der Waals surface area contributed by atoms with E-state index in [9.17, 15) is 19.2 Å². The van der Waals surface area contributed by atoms with E-state index in [0.717, 1.165) is 31.2 Å². The number of ether oxygens (including phenoxy) is 2. The molecule has 3 fully saturated rings. The molecular weight excluding hydrogens is 448 g/mol. The van der Waals surface area contributed by atoms with E-state index < -0.39 is 23.8 Å². The molecule has 8 heteroatoms. The highest BCUT2D eigenvalue weighted by molar-refractivity contribution is 6.31. The number of rotatable bonds is 5. The molecule has 2 aliphatic carbocycles. The monoisotopic (exact) mass is 474 g/mol. The highest BCUT2D eigenvalue weighted by atomic mass is 16.6. The SMILES string of the molecule is COc1cc(/C=C2\C(=O)NC(=O)N([C@@H]3C[C@H]4CC[C@H]3C4)C2=O)ccc1OC(=O)c1ccc(C)cc1. The predicted molar refractivity (Wildman–Crippen MR) is 127 cm³/mol. The number of carbonyl (C=O) groups excluding carboxylic acids is 4. The van der Waals surface area contributed by atoms with Crippen molar-refractivity contribution in [3.63, 3.8) is 0 Å². The summed E-state index contributed by atoms with van der Waals surface area (Å²) in [4.78, 5) is 52.0. The summed E-state index contributed by atoms with van der Waals surface area (Å²) in [5, 5.41) is 2.31. The Morgan fingerprint density at radius 2 is 1.80 bits per heavy atom. The molecule has 0 spiro atoms.